The molecule has 1 N–H and O–H groups in total. The van der Waals surface area contributed by atoms with Crippen molar-refractivity contribution in [3.63, 3.8) is 0 Å². The summed E-state index contributed by atoms with van der Waals surface area (Å²) in [5.41, 5.74) is 3.81. The van der Waals surface area contributed by atoms with Gasteiger partial charge in [-0.25, -0.2) is 0 Å². The molecule has 0 fully saturated rings. The van der Waals surface area contributed by atoms with E-state index in [9.17, 15) is 4.79 Å². The van der Waals surface area contributed by atoms with Crippen LogP contribution in [0.25, 0.3) is 11.8 Å². The molecule has 3 heterocycles. The van der Waals surface area contributed by atoms with E-state index in [-0.39, 0.29) is 11.4 Å². The normalized spacial score (nSPS) is 17.6. The van der Waals surface area contributed by atoms with Crippen molar-refractivity contribution in [3.8, 4) is 11.4 Å². The molecule has 2 aliphatic rings. The Kier molecular flexibility index (Phi) is 4.84. The highest BCUT2D eigenvalue weighted by Crippen LogP contribution is 2.31. The minimum atomic E-state index is -0.434. The van der Waals surface area contributed by atoms with Crippen LogP contribution in [-0.4, -0.2) is 38.6 Å². The number of hydrazone groups is 1. The van der Waals surface area contributed by atoms with Gasteiger partial charge in [0.05, 0.1) is 22.7 Å². The number of carbonyl (C=O) groups is 1. The number of aromatic nitrogens is 1. The van der Waals surface area contributed by atoms with Crippen LogP contribution < -0.4 is 4.74 Å². The Hall–Kier alpha value is -2.84. The minimum absolute atomic E-state index is 0.0293. The number of hydrogen-bond donors (Lipinski definition) is 1. The van der Waals surface area contributed by atoms with Crippen molar-refractivity contribution in [2.75, 3.05) is 7.11 Å². The molecule has 4 rings (SSSR count). The van der Waals surface area contributed by atoms with Crippen molar-refractivity contribution in [1.82, 2.24) is 9.58 Å². The lowest BCUT2D eigenvalue weighted by molar-refractivity contribution is -0.114. The third-order valence-electron chi connectivity index (χ3n) is 4.72. The molecule has 0 bridgehead atoms. The molecule has 2 aromatic rings. The van der Waals surface area contributed by atoms with Gasteiger partial charge in [-0.3, -0.25) is 10.2 Å². The molecule has 0 radical (unpaired) electrons. The fourth-order valence-corrected chi connectivity index (χ4v) is 4.35. The Bertz CT molecular complexity index is 1160. The summed E-state index contributed by atoms with van der Waals surface area (Å²) in [7, 11) is 1.58. The number of hydrogen-bond acceptors (Lipinski definition) is 5. The Morgan fingerprint density at radius 3 is 2.69 bits per heavy atom. The maximum Gasteiger partial charge on any atom is 0.283 e. The summed E-state index contributed by atoms with van der Waals surface area (Å²) >= 11 is 7.58. The molecule has 7 nitrogen and oxygen atoms in total. The van der Waals surface area contributed by atoms with E-state index >= 15 is 0 Å². The van der Waals surface area contributed by atoms with Crippen LogP contribution >= 0.6 is 23.4 Å². The first-order valence-electron chi connectivity index (χ1n) is 8.80. The van der Waals surface area contributed by atoms with Gasteiger partial charge in [0.2, 0.25) is 5.17 Å². The molecule has 2 aliphatic heterocycles. The predicted octanol–water partition coefficient (Wildman–Crippen LogP) is 4.40. The number of amides is 1. The molecule has 0 saturated heterocycles. The number of carbonyl (C=O) groups excluding carboxylic acids is 1. The van der Waals surface area contributed by atoms with Gasteiger partial charge in [0.1, 0.15) is 5.75 Å². The lowest BCUT2D eigenvalue weighted by atomic mass is 10.1. The minimum Gasteiger partial charge on any atom is -0.495 e. The molecule has 9 heteroatoms. The van der Waals surface area contributed by atoms with Gasteiger partial charge in [-0.15, -0.1) is 0 Å². The number of rotatable bonds is 3. The van der Waals surface area contributed by atoms with Crippen molar-refractivity contribution >= 4 is 51.4 Å². The summed E-state index contributed by atoms with van der Waals surface area (Å²) < 4.78 is 7.27. The molecule has 148 valence electrons. The number of nitrogens with zero attached hydrogens (tertiary/aromatic N) is 4. The van der Waals surface area contributed by atoms with Crippen LogP contribution in [0.4, 0.5) is 0 Å². The molecular formula is C20H18ClN5O2S. The number of aliphatic imine (C=N–C) groups is 1. The highest BCUT2D eigenvalue weighted by Gasteiger charge is 2.34. The van der Waals surface area contributed by atoms with Crippen LogP contribution in [0.5, 0.6) is 5.75 Å². The molecule has 1 aromatic heterocycles. The van der Waals surface area contributed by atoms with Crippen LogP contribution in [-0.2, 0) is 4.79 Å². The second kappa shape index (κ2) is 7.20. The van der Waals surface area contributed by atoms with Crippen molar-refractivity contribution in [1.29, 1.82) is 5.41 Å². The highest BCUT2D eigenvalue weighted by molar-refractivity contribution is 8.26. The van der Waals surface area contributed by atoms with Crippen molar-refractivity contribution in [3.05, 3.63) is 51.8 Å². The summed E-state index contributed by atoms with van der Waals surface area (Å²) in [6, 6.07) is 7.54. The van der Waals surface area contributed by atoms with Gasteiger partial charge in [0.25, 0.3) is 5.91 Å². The van der Waals surface area contributed by atoms with E-state index in [1.165, 1.54) is 16.8 Å². The van der Waals surface area contributed by atoms with Gasteiger partial charge in [-0.1, -0.05) is 11.6 Å². The van der Waals surface area contributed by atoms with Gasteiger partial charge >= 0.3 is 0 Å². The fraction of sp³-hybridized carbons (Fsp3) is 0.200. The molecular weight excluding hydrogens is 410 g/mol. The first-order valence-corrected chi connectivity index (χ1v) is 9.99. The second-order valence-electron chi connectivity index (χ2n) is 6.62. The topological polar surface area (TPSA) is 83.0 Å². The van der Waals surface area contributed by atoms with E-state index in [1.807, 2.05) is 49.6 Å². The Morgan fingerprint density at radius 2 is 2.00 bits per heavy atom. The zero-order valence-corrected chi connectivity index (χ0v) is 17.9. The lowest BCUT2D eigenvalue weighted by Gasteiger charge is -2.20. The van der Waals surface area contributed by atoms with Gasteiger partial charge < -0.3 is 9.30 Å². The third-order valence-corrected chi connectivity index (χ3v) is 5.84. The monoisotopic (exact) mass is 427 g/mol. The van der Waals surface area contributed by atoms with E-state index in [0.717, 1.165) is 27.7 Å². The summed E-state index contributed by atoms with van der Waals surface area (Å²) in [5, 5.41) is 15.8. The van der Waals surface area contributed by atoms with Crippen LogP contribution in [0.15, 0.2) is 39.9 Å². The number of nitrogens with one attached hydrogen (secondary N) is 1. The smallest absolute Gasteiger partial charge is 0.283 e. The number of amidine groups is 2. The van der Waals surface area contributed by atoms with Crippen LogP contribution in [0.1, 0.15) is 23.9 Å². The first-order chi connectivity index (χ1) is 13.8. The molecule has 29 heavy (non-hydrogen) atoms. The van der Waals surface area contributed by atoms with Crippen LogP contribution in [0.2, 0.25) is 5.02 Å². The highest BCUT2D eigenvalue weighted by atomic mass is 35.5. The van der Waals surface area contributed by atoms with E-state index < -0.39 is 5.91 Å². The number of halogens is 1. The number of methoxy groups -OCH3 is 1. The average molecular weight is 428 g/mol. The second-order valence-corrected chi connectivity index (χ2v) is 8.19. The molecule has 0 aliphatic carbocycles. The van der Waals surface area contributed by atoms with Crippen molar-refractivity contribution < 1.29 is 9.53 Å². The zero-order chi connectivity index (χ0) is 20.9. The molecule has 0 saturated carbocycles. The quantitative estimate of drug-likeness (QED) is 0.736. The Labute approximate surface area is 177 Å². The first kappa shape index (κ1) is 19.5. The molecule has 0 atom stereocenters. The predicted molar refractivity (Wildman–Crippen MR) is 117 cm³/mol. The molecule has 1 aromatic carbocycles. The molecule has 0 unspecified atom stereocenters. The van der Waals surface area contributed by atoms with E-state index in [2.05, 4.69) is 10.1 Å². The Morgan fingerprint density at radius 1 is 1.24 bits per heavy atom. The van der Waals surface area contributed by atoms with Crippen LogP contribution in [0, 0.1) is 19.3 Å². The van der Waals surface area contributed by atoms with E-state index in [4.69, 9.17) is 21.7 Å². The SMILES string of the molecule is COc1ccc(-n2c(C)cc(C=C3C(=N)N4N=C(C)SC4=NC3=O)c2C)cc1Cl. The van der Waals surface area contributed by atoms with E-state index in [0.29, 0.717) is 15.9 Å². The number of thioether (sulfide) groups is 1. The third kappa shape index (κ3) is 3.28. The zero-order valence-electron chi connectivity index (χ0n) is 16.3. The van der Waals surface area contributed by atoms with E-state index in [1.54, 1.807) is 13.2 Å². The van der Waals surface area contributed by atoms with Gasteiger partial charge in [-0.2, -0.15) is 15.1 Å². The molecule has 0 spiro atoms. The van der Waals surface area contributed by atoms with Crippen LogP contribution in [0.3, 0.4) is 0 Å². The van der Waals surface area contributed by atoms with Crippen molar-refractivity contribution in [2.24, 2.45) is 10.1 Å². The largest absolute Gasteiger partial charge is 0.495 e. The maximum atomic E-state index is 12.5. The lowest BCUT2D eigenvalue weighted by Crippen LogP contribution is -2.35. The average Bonchev–Trinajstić information content (AvgIpc) is 3.17. The maximum absolute atomic E-state index is 12.5. The Balaban J connectivity index is 1.76. The summed E-state index contributed by atoms with van der Waals surface area (Å²) in [6.07, 6.45) is 1.70. The standard InChI is InChI=1S/C20H18ClN5O2S/c1-10-7-13(11(2)25(10)14-5-6-17(28-4)16(21)9-14)8-15-18(22)26-20(23-19(15)27)29-12(3)24-26/h5-9,22H,1-4H3. The fourth-order valence-electron chi connectivity index (χ4n) is 3.37. The summed E-state index contributed by atoms with van der Waals surface area (Å²) in [4.78, 5) is 16.6. The summed E-state index contributed by atoms with van der Waals surface area (Å²) in [5.74, 6) is 0.201. The van der Waals surface area contributed by atoms with Gasteiger partial charge in [0.15, 0.2) is 5.84 Å². The number of fused-ring (bicyclic) bond motifs is 1. The number of aryl methyl sites for hydroxylation is 1. The van der Waals surface area contributed by atoms with Crippen molar-refractivity contribution in [2.45, 2.75) is 20.8 Å². The summed E-state index contributed by atoms with van der Waals surface area (Å²) in [6.45, 7) is 5.75. The molecule has 1 amide bonds. The van der Waals surface area contributed by atoms with Gasteiger partial charge in [0, 0.05) is 17.1 Å². The van der Waals surface area contributed by atoms with Gasteiger partial charge in [-0.05, 0) is 68.4 Å². The number of benzene rings is 1. The number of ether oxygens (including phenoxy) is 1.